The van der Waals surface area contributed by atoms with Gasteiger partial charge in [-0.1, -0.05) is 13.0 Å². The molecule has 3 aliphatic heterocycles. The van der Waals surface area contributed by atoms with Crippen molar-refractivity contribution >= 4 is 63.7 Å². The number of carbonyl (C=O) groups excluding carboxylic acids is 4. The van der Waals surface area contributed by atoms with Gasteiger partial charge >= 0.3 is 6.18 Å². The summed E-state index contributed by atoms with van der Waals surface area (Å²) in [5.74, 6) is -0.280. The van der Waals surface area contributed by atoms with Crippen LogP contribution in [0.15, 0.2) is 60.7 Å². The van der Waals surface area contributed by atoms with Crippen molar-refractivity contribution in [1.29, 1.82) is 5.26 Å². The lowest BCUT2D eigenvalue weighted by molar-refractivity contribution is -0.138. The molecule has 0 spiro atoms. The van der Waals surface area contributed by atoms with Crippen molar-refractivity contribution < 1.29 is 37.1 Å². The number of hydrogen-bond acceptors (Lipinski definition) is 10. The zero-order valence-corrected chi connectivity index (χ0v) is 34.4. The number of amides is 4. The lowest BCUT2D eigenvalue weighted by Crippen LogP contribution is -2.55. The number of alkyl halides is 3. The highest BCUT2D eigenvalue weighted by atomic mass is 32.1. The molecule has 3 aromatic rings. The van der Waals surface area contributed by atoms with E-state index in [-0.39, 0.29) is 53.4 Å². The highest BCUT2D eigenvalue weighted by molar-refractivity contribution is 7.81. The summed E-state index contributed by atoms with van der Waals surface area (Å²) in [6.07, 6.45) is -1.33. The first-order valence-corrected chi connectivity index (χ1v) is 20.5. The molecule has 4 amide bonds. The number of nitriles is 1. The molecule has 3 heterocycles. The number of anilines is 4. The SMILES string of the molecule is CC[C@@H]1CN(CCOc2ccc(N3C(=S)N(c4ccc(C#N)c(C(F)(F)F)c4)C(=O)C3(C)C)cc2C2CC2)CCN1CC(=O)Nc1cccc(NC2CCC(=O)NC2=O)c1. The van der Waals surface area contributed by atoms with Gasteiger partial charge in [-0.05, 0) is 118 Å². The molecule has 7 rings (SSSR count). The molecular formula is C43H47F3N8O5S. The van der Waals surface area contributed by atoms with Crippen LogP contribution in [0.1, 0.15) is 75.5 Å². The molecule has 0 radical (unpaired) electrons. The number of benzene rings is 3. The molecule has 1 saturated carbocycles. The van der Waals surface area contributed by atoms with Crippen molar-refractivity contribution in [2.75, 3.05) is 59.8 Å². The van der Waals surface area contributed by atoms with Gasteiger partial charge in [-0.2, -0.15) is 18.4 Å². The first kappa shape index (κ1) is 42.6. The molecule has 3 aromatic carbocycles. The normalized spacial score (nSPS) is 21.1. The number of nitrogens with one attached hydrogen (secondary N) is 3. The fourth-order valence-corrected chi connectivity index (χ4v) is 8.65. The van der Waals surface area contributed by atoms with Gasteiger partial charge < -0.3 is 20.3 Å². The molecule has 1 aliphatic carbocycles. The van der Waals surface area contributed by atoms with E-state index >= 15 is 0 Å². The number of hydrogen-bond donors (Lipinski definition) is 3. The van der Waals surface area contributed by atoms with E-state index in [0.29, 0.717) is 43.2 Å². The van der Waals surface area contributed by atoms with Crippen molar-refractivity contribution in [2.24, 2.45) is 0 Å². The number of thiocarbonyl (C=S) groups is 1. The average molecular weight is 845 g/mol. The quantitative estimate of drug-likeness (QED) is 0.137. The topological polar surface area (TPSA) is 150 Å². The van der Waals surface area contributed by atoms with Gasteiger partial charge in [0.15, 0.2) is 5.11 Å². The van der Waals surface area contributed by atoms with Gasteiger partial charge in [-0.25, -0.2) is 0 Å². The van der Waals surface area contributed by atoms with E-state index in [1.807, 2.05) is 24.3 Å². The number of nitrogens with zero attached hydrogens (tertiary/aromatic N) is 5. The molecule has 3 saturated heterocycles. The van der Waals surface area contributed by atoms with Crippen molar-refractivity contribution in [2.45, 2.75) is 82.6 Å². The van der Waals surface area contributed by atoms with E-state index in [0.717, 1.165) is 60.7 Å². The summed E-state index contributed by atoms with van der Waals surface area (Å²) in [6.45, 7) is 9.01. The van der Waals surface area contributed by atoms with Crippen LogP contribution < -0.4 is 30.5 Å². The van der Waals surface area contributed by atoms with E-state index in [1.165, 1.54) is 6.07 Å². The minimum Gasteiger partial charge on any atom is -0.492 e. The number of piperidine rings is 1. The fourth-order valence-electron chi connectivity index (χ4n) is 8.12. The first-order chi connectivity index (χ1) is 28.6. The molecule has 1 unspecified atom stereocenters. The number of carbonyl (C=O) groups is 4. The first-order valence-electron chi connectivity index (χ1n) is 20.1. The molecule has 60 heavy (non-hydrogen) atoms. The van der Waals surface area contributed by atoms with Gasteiger partial charge in [0.05, 0.1) is 29.4 Å². The second kappa shape index (κ2) is 17.2. The summed E-state index contributed by atoms with van der Waals surface area (Å²) in [5.41, 5.74) is -0.0720. The van der Waals surface area contributed by atoms with Crippen LogP contribution in [0.2, 0.25) is 0 Å². The Kier molecular flexibility index (Phi) is 12.2. The molecule has 3 N–H and O–H groups in total. The van der Waals surface area contributed by atoms with E-state index in [2.05, 4.69) is 32.7 Å². The third kappa shape index (κ3) is 9.10. The summed E-state index contributed by atoms with van der Waals surface area (Å²) < 4.78 is 47.9. The van der Waals surface area contributed by atoms with Gasteiger partial charge in [-0.15, -0.1) is 0 Å². The largest absolute Gasteiger partial charge is 0.492 e. The number of rotatable bonds is 13. The molecular weight excluding hydrogens is 798 g/mol. The zero-order chi connectivity index (χ0) is 42.9. The molecule has 0 bridgehead atoms. The van der Waals surface area contributed by atoms with E-state index in [1.54, 1.807) is 43.0 Å². The smallest absolute Gasteiger partial charge is 0.417 e. The molecule has 0 aromatic heterocycles. The maximum absolute atomic E-state index is 13.8. The van der Waals surface area contributed by atoms with E-state index in [9.17, 15) is 37.6 Å². The highest BCUT2D eigenvalue weighted by Gasteiger charge is 2.51. The van der Waals surface area contributed by atoms with Crippen molar-refractivity contribution in [3.05, 3.63) is 77.4 Å². The monoisotopic (exact) mass is 844 g/mol. The second-order valence-electron chi connectivity index (χ2n) is 16.1. The van der Waals surface area contributed by atoms with Gasteiger partial charge in [0, 0.05) is 55.7 Å². The van der Waals surface area contributed by atoms with Crippen LogP contribution >= 0.6 is 12.2 Å². The highest BCUT2D eigenvalue weighted by Crippen LogP contribution is 2.47. The number of ether oxygens (including phenoxy) is 1. The van der Waals surface area contributed by atoms with Crippen molar-refractivity contribution in [1.82, 2.24) is 15.1 Å². The van der Waals surface area contributed by atoms with Gasteiger partial charge in [-0.3, -0.25) is 39.2 Å². The van der Waals surface area contributed by atoms with E-state index in [4.69, 9.17) is 17.0 Å². The summed E-state index contributed by atoms with van der Waals surface area (Å²) in [7, 11) is 0. The van der Waals surface area contributed by atoms with Crippen LogP contribution in [0.5, 0.6) is 5.75 Å². The number of imide groups is 1. The molecule has 17 heteroatoms. The lowest BCUT2D eigenvalue weighted by atomic mass is 10.0. The second-order valence-corrected chi connectivity index (χ2v) is 16.5. The van der Waals surface area contributed by atoms with E-state index < -0.39 is 34.8 Å². The molecule has 316 valence electrons. The predicted octanol–water partition coefficient (Wildman–Crippen LogP) is 6.00. The Morgan fingerprint density at radius 2 is 1.77 bits per heavy atom. The Labute approximate surface area is 351 Å². The third-order valence-corrected chi connectivity index (χ3v) is 11.9. The summed E-state index contributed by atoms with van der Waals surface area (Å²) in [5, 5.41) is 17.8. The maximum atomic E-state index is 13.8. The molecule has 13 nitrogen and oxygen atoms in total. The summed E-state index contributed by atoms with van der Waals surface area (Å²) >= 11 is 5.77. The maximum Gasteiger partial charge on any atom is 0.417 e. The fraction of sp³-hybridized carbons (Fsp3) is 0.442. The van der Waals surface area contributed by atoms with Crippen molar-refractivity contribution in [3.8, 4) is 11.8 Å². The predicted molar refractivity (Wildman–Crippen MR) is 224 cm³/mol. The van der Waals surface area contributed by atoms with Crippen LogP contribution in [0.4, 0.5) is 35.9 Å². The van der Waals surface area contributed by atoms with Crippen LogP contribution in [0.25, 0.3) is 0 Å². The van der Waals surface area contributed by atoms with Gasteiger partial charge in [0.2, 0.25) is 17.7 Å². The zero-order valence-electron chi connectivity index (χ0n) is 33.6. The van der Waals surface area contributed by atoms with Gasteiger partial charge in [0.1, 0.15) is 23.9 Å². The standard InChI is InChI=1S/C43H47F3N8O5S/c1-4-30-24-51(16-17-52(30)25-38(56)49-29-7-5-6-28(20-29)48-35-13-15-37(55)50-39(35)57)18-19-59-36-14-12-32(21-33(36)26-8-9-26)54-41(60)53(40(58)42(54,2)3)31-11-10-27(23-47)34(22-31)43(44,45)46/h5-7,10-12,14,20-22,26,30,35,48H,4,8-9,13,15-19,24-25H2,1-3H3,(H,49,56)(H,50,55,57)/t30-,35?/m1/s1. The average Bonchev–Trinajstić information content (AvgIpc) is 4.03. The minimum atomic E-state index is -4.79. The third-order valence-electron chi connectivity index (χ3n) is 11.5. The summed E-state index contributed by atoms with van der Waals surface area (Å²) in [6, 6.07) is 17.2. The molecule has 4 aliphatic rings. The Morgan fingerprint density at radius 3 is 2.47 bits per heavy atom. The van der Waals surface area contributed by atoms with Crippen LogP contribution in [0.3, 0.4) is 0 Å². The van der Waals surface area contributed by atoms with Crippen LogP contribution in [-0.2, 0) is 25.4 Å². The Hall–Kier alpha value is -5.57. The Balaban J connectivity index is 0.943. The van der Waals surface area contributed by atoms with Gasteiger partial charge in [0.25, 0.3) is 5.91 Å². The number of piperazine rings is 1. The minimum absolute atomic E-state index is 0.0360. The lowest BCUT2D eigenvalue weighted by Gasteiger charge is -2.40. The summed E-state index contributed by atoms with van der Waals surface area (Å²) in [4.78, 5) is 57.9. The molecule has 4 fully saturated rings. The Bertz CT molecular complexity index is 2240. The number of halogens is 3. The Morgan fingerprint density at radius 1 is 1.02 bits per heavy atom. The molecule has 2 atom stereocenters. The van der Waals surface area contributed by atoms with Crippen LogP contribution in [-0.4, -0.2) is 95.5 Å². The van der Waals surface area contributed by atoms with Crippen molar-refractivity contribution in [3.63, 3.8) is 0 Å². The van der Waals surface area contributed by atoms with Crippen LogP contribution in [0, 0.1) is 11.3 Å².